The van der Waals surface area contributed by atoms with Crippen LogP contribution >= 0.6 is 0 Å². The van der Waals surface area contributed by atoms with Gasteiger partial charge in [-0.15, -0.1) is 0 Å². The van der Waals surface area contributed by atoms with Crippen molar-refractivity contribution >= 4 is 15.7 Å². The van der Waals surface area contributed by atoms with Gasteiger partial charge < -0.3 is 10.6 Å². The number of piperidine rings is 1. The number of carbonyl (C=O) groups excluding carboxylic acids is 1. The van der Waals surface area contributed by atoms with Crippen molar-refractivity contribution in [3.05, 3.63) is 11.5 Å². The van der Waals surface area contributed by atoms with Crippen LogP contribution in [0.25, 0.3) is 0 Å². The molecule has 2 aliphatic heterocycles. The molecule has 0 spiro atoms. The maximum absolute atomic E-state index is 12.2. The summed E-state index contributed by atoms with van der Waals surface area (Å²) in [5.41, 5.74) is 0. The molecule has 2 N–H and O–H groups in total. The summed E-state index contributed by atoms with van der Waals surface area (Å²) in [4.78, 5) is 12.2. The first-order valence-electron chi connectivity index (χ1n) is 7.51. The molecular weight excluding hydrogens is 276 g/mol. The predicted molar refractivity (Wildman–Crippen MR) is 76.8 cm³/mol. The summed E-state index contributed by atoms with van der Waals surface area (Å²) in [6, 6.07) is -0.0551. The molecule has 5 nitrogen and oxygen atoms in total. The summed E-state index contributed by atoms with van der Waals surface area (Å²) < 4.78 is 22.7. The summed E-state index contributed by atoms with van der Waals surface area (Å²) in [5.74, 6) is 0.665. The Kier molecular flexibility index (Phi) is 3.86. The zero-order valence-corrected chi connectivity index (χ0v) is 12.4. The van der Waals surface area contributed by atoms with Gasteiger partial charge in [-0.25, -0.2) is 8.42 Å². The summed E-state index contributed by atoms with van der Waals surface area (Å²) in [6.07, 6.45) is 8.52. The first kappa shape index (κ1) is 14.1. The minimum absolute atomic E-state index is 0.00247. The van der Waals surface area contributed by atoms with E-state index in [1.807, 2.05) is 0 Å². The standard InChI is InChI=1S/C14H22N2O3S/c17-14(15-11-7-8-20(18,19)9-11)13-6-5-10-3-1-2-4-12(10)16-13/h7-8,10-13,16H,1-6,9H2,(H,15,17). The van der Waals surface area contributed by atoms with Crippen molar-refractivity contribution in [2.24, 2.45) is 5.92 Å². The Bertz CT molecular complexity index is 515. The Labute approximate surface area is 120 Å². The van der Waals surface area contributed by atoms with E-state index in [4.69, 9.17) is 0 Å². The van der Waals surface area contributed by atoms with Crippen molar-refractivity contribution in [2.75, 3.05) is 5.75 Å². The fourth-order valence-corrected chi connectivity index (χ4v) is 4.89. The number of carbonyl (C=O) groups is 1. The van der Waals surface area contributed by atoms with Gasteiger partial charge in [-0.2, -0.15) is 0 Å². The number of hydrogen-bond acceptors (Lipinski definition) is 4. The zero-order chi connectivity index (χ0) is 14.2. The second-order valence-electron chi connectivity index (χ2n) is 6.22. The highest BCUT2D eigenvalue weighted by Crippen LogP contribution is 2.32. The lowest BCUT2D eigenvalue weighted by molar-refractivity contribution is -0.124. The third-order valence-electron chi connectivity index (χ3n) is 4.72. The van der Waals surface area contributed by atoms with Crippen molar-refractivity contribution in [1.29, 1.82) is 0 Å². The van der Waals surface area contributed by atoms with Crippen LogP contribution in [0.3, 0.4) is 0 Å². The maximum atomic E-state index is 12.2. The monoisotopic (exact) mass is 298 g/mol. The molecular formula is C14H22N2O3S. The van der Waals surface area contributed by atoms with Crippen molar-refractivity contribution < 1.29 is 13.2 Å². The van der Waals surface area contributed by atoms with E-state index in [-0.39, 0.29) is 23.7 Å². The molecule has 0 aromatic carbocycles. The molecule has 4 unspecified atom stereocenters. The molecule has 112 valence electrons. The van der Waals surface area contributed by atoms with E-state index in [1.165, 1.54) is 24.7 Å². The second kappa shape index (κ2) is 5.48. The zero-order valence-electron chi connectivity index (χ0n) is 11.5. The average Bonchev–Trinajstić information content (AvgIpc) is 2.77. The van der Waals surface area contributed by atoms with Crippen molar-refractivity contribution in [2.45, 2.75) is 56.7 Å². The summed E-state index contributed by atoms with van der Waals surface area (Å²) in [7, 11) is -3.11. The van der Waals surface area contributed by atoms with Gasteiger partial charge in [-0.1, -0.05) is 12.8 Å². The second-order valence-corrected chi connectivity index (χ2v) is 8.15. The first-order valence-corrected chi connectivity index (χ1v) is 9.22. The Morgan fingerprint density at radius 3 is 2.70 bits per heavy atom. The minimum atomic E-state index is -3.11. The first-order chi connectivity index (χ1) is 9.53. The lowest BCUT2D eigenvalue weighted by Crippen LogP contribution is -2.56. The molecule has 3 rings (SSSR count). The molecule has 0 bridgehead atoms. The van der Waals surface area contributed by atoms with E-state index in [0.29, 0.717) is 6.04 Å². The molecule has 3 aliphatic rings. The quantitative estimate of drug-likeness (QED) is 0.788. The van der Waals surface area contributed by atoms with Gasteiger partial charge in [0.25, 0.3) is 0 Å². The molecule has 0 aromatic heterocycles. The minimum Gasteiger partial charge on any atom is -0.347 e. The van der Waals surface area contributed by atoms with E-state index >= 15 is 0 Å². The van der Waals surface area contributed by atoms with Crippen LogP contribution in [0.5, 0.6) is 0 Å². The molecule has 2 fully saturated rings. The largest absolute Gasteiger partial charge is 0.347 e. The smallest absolute Gasteiger partial charge is 0.237 e. The molecule has 6 heteroatoms. The third-order valence-corrected chi connectivity index (χ3v) is 6.12. The van der Waals surface area contributed by atoms with Crippen LogP contribution in [0.4, 0.5) is 0 Å². The number of fused-ring (bicyclic) bond motifs is 1. The van der Waals surface area contributed by atoms with Gasteiger partial charge >= 0.3 is 0 Å². The summed E-state index contributed by atoms with van der Waals surface area (Å²) >= 11 is 0. The van der Waals surface area contributed by atoms with Gasteiger partial charge in [0.05, 0.1) is 17.8 Å². The van der Waals surface area contributed by atoms with Gasteiger partial charge in [0.2, 0.25) is 5.91 Å². The highest BCUT2D eigenvalue weighted by Gasteiger charge is 2.35. The molecule has 1 saturated heterocycles. The van der Waals surface area contributed by atoms with E-state index in [1.54, 1.807) is 6.08 Å². The number of hydrogen-bond donors (Lipinski definition) is 2. The van der Waals surface area contributed by atoms with Crippen LogP contribution in [-0.2, 0) is 14.6 Å². The third kappa shape index (κ3) is 3.06. The van der Waals surface area contributed by atoms with Crippen LogP contribution in [0.2, 0.25) is 0 Å². The van der Waals surface area contributed by atoms with Crippen LogP contribution in [0.15, 0.2) is 11.5 Å². The number of nitrogens with one attached hydrogen (secondary N) is 2. The van der Waals surface area contributed by atoms with E-state index in [0.717, 1.165) is 25.2 Å². The molecule has 20 heavy (non-hydrogen) atoms. The highest BCUT2D eigenvalue weighted by molar-refractivity contribution is 7.94. The lowest BCUT2D eigenvalue weighted by Gasteiger charge is -2.40. The Morgan fingerprint density at radius 2 is 1.95 bits per heavy atom. The molecule has 1 saturated carbocycles. The SMILES string of the molecule is O=C(NC1C=CS(=O)(=O)C1)C1CCC2CCCCC2N1. The van der Waals surface area contributed by atoms with E-state index in [2.05, 4.69) is 10.6 Å². The van der Waals surface area contributed by atoms with E-state index < -0.39 is 9.84 Å². The van der Waals surface area contributed by atoms with Gasteiger partial charge in [0, 0.05) is 11.4 Å². The van der Waals surface area contributed by atoms with Gasteiger partial charge in [-0.05, 0) is 37.7 Å². The fraction of sp³-hybridized carbons (Fsp3) is 0.786. The summed E-state index contributed by atoms with van der Waals surface area (Å²) in [5, 5.41) is 7.49. The molecule has 1 amide bonds. The molecule has 0 radical (unpaired) electrons. The van der Waals surface area contributed by atoms with Gasteiger partial charge in [0.1, 0.15) is 0 Å². The lowest BCUT2D eigenvalue weighted by atomic mass is 9.77. The molecule has 1 aliphatic carbocycles. The normalized spacial score (nSPS) is 39.2. The van der Waals surface area contributed by atoms with Crippen molar-refractivity contribution in [3.63, 3.8) is 0 Å². The number of sulfone groups is 1. The number of amides is 1. The topological polar surface area (TPSA) is 75.3 Å². The molecule has 2 heterocycles. The highest BCUT2D eigenvalue weighted by atomic mass is 32.2. The van der Waals surface area contributed by atoms with E-state index in [9.17, 15) is 13.2 Å². The van der Waals surface area contributed by atoms with Crippen molar-refractivity contribution in [3.8, 4) is 0 Å². The van der Waals surface area contributed by atoms with Crippen LogP contribution in [0, 0.1) is 5.92 Å². The fourth-order valence-electron chi connectivity index (χ4n) is 3.65. The Morgan fingerprint density at radius 1 is 1.15 bits per heavy atom. The predicted octanol–water partition coefficient (Wildman–Crippen LogP) is 0.724. The van der Waals surface area contributed by atoms with Gasteiger partial charge in [0.15, 0.2) is 9.84 Å². The van der Waals surface area contributed by atoms with Crippen LogP contribution in [-0.4, -0.2) is 38.2 Å². The Hall–Kier alpha value is -0.880. The van der Waals surface area contributed by atoms with Crippen LogP contribution in [0.1, 0.15) is 38.5 Å². The van der Waals surface area contributed by atoms with Crippen molar-refractivity contribution in [1.82, 2.24) is 10.6 Å². The van der Waals surface area contributed by atoms with Crippen LogP contribution < -0.4 is 10.6 Å². The number of rotatable bonds is 2. The molecule has 0 aromatic rings. The molecule has 4 atom stereocenters. The maximum Gasteiger partial charge on any atom is 0.237 e. The summed E-state index contributed by atoms with van der Waals surface area (Å²) in [6.45, 7) is 0. The Balaban J connectivity index is 1.54. The van der Waals surface area contributed by atoms with Gasteiger partial charge in [-0.3, -0.25) is 4.79 Å². The average molecular weight is 298 g/mol.